The molecule has 0 radical (unpaired) electrons. The number of amides is 1. The number of carbonyl (C=O) groups is 2. The summed E-state index contributed by atoms with van der Waals surface area (Å²) in [6.45, 7) is 15.8. The van der Waals surface area contributed by atoms with E-state index in [9.17, 15) is 40.2 Å². The molecule has 342 valence electrons. The number of carboxylic acids is 1. The second-order valence-corrected chi connectivity index (χ2v) is 21.8. The molecule has 4 saturated carbocycles. The number of carboxylic acid groups (broad SMARTS) is 1. The van der Waals surface area contributed by atoms with Gasteiger partial charge in [-0.3, -0.25) is 9.59 Å². The third kappa shape index (κ3) is 7.51. The predicted molar refractivity (Wildman–Crippen MR) is 219 cm³/mol. The van der Waals surface area contributed by atoms with E-state index in [1.54, 1.807) is 0 Å². The van der Waals surface area contributed by atoms with Crippen molar-refractivity contribution in [3.8, 4) is 0 Å². The van der Waals surface area contributed by atoms with Gasteiger partial charge in [0.15, 0.2) is 12.6 Å². The maximum absolute atomic E-state index is 14.4. The van der Waals surface area contributed by atoms with Gasteiger partial charge in [0, 0.05) is 18.4 Å². The molecule has 2 aliphatic heterocycles. The molecule has 14 nitrogen and oxygen atoms in total. The second-order valence-electron chi connectivity index (χ2n) is 21.8. The average Bonchev–Trinajstić information content (AvgIpc) is 3.19. The van der Waals surface area contributed by atoms with Gasteiger partial charge in [-0.2, -0.15) is 0 Å². The smallest absolute Gasteiger partial charge is 0.303 e. The van der Waals surface area contributed by atoms with Crippen molar-refractivity contribution < 1.29 is 64.3 Å². The highest BCUT2D eigenvalue weighted by Crippen LogP contribution is 2.76. The molecule has 0 unspecified atom stereocenters. The lowest BCUT2D eigenvalue weighted by Gasteiger charge is -2.71. The summed E-state index contributed by atoms with van der Waals surface area (Å²) >= 11 is 0. The van der Waals surface area contributed by atoms with Crippen LogP contribution in [0.4, 0.5) is 0 Å². The van der Waals surface area contributed by atoms with Gasteiger partial charge in [-0.15, -0.1) is 0 Å². The number of ether oxygens (including phenoxy) is 4. The highest BCUT2D eigenvalue weighted by molar-refractivity contribution is 5.84. The fourth-order valence-electron chi connectivity index (χ4n) is 14.1. The number of aliphatic hydroxyl groups excluding tert-OH is 6. The zero-order chi connectivity index (χ0) is 43.8. The lowest BCUT2D eigenvalue weighted by molar-refractivity contribution is -0.365. The summed E-state index contributed by atoms with van der Waals surface area (Å²) in [5.41, 5.74) is 0.0287. The maximum atomic E-state index is 14.4. The number of carbonyl (C=O) groups excluding carboxylic acids is 1. The first-order valence-electron chi connectivity index (χ1n) is 22.9. The fraction of sp³-hybridized carbons (Fsp3) is 0.913. The predicted octanol–water partition coefficient (Wildman–Crippen LogP) is 3.81. The van der Waals surface area contributed by atoms with E-state index in [0.717, 1.165) is 57.8 Å². The van der Waals surface area contributed by atoms with E-state index in [0.29, 0.717) is 31.7 Å². The lowest BCUT2D eigenvalue weighted by Crippen LogP contribution is -2.67. The van der Waals surface area contributed by atoms with E-state index < -0.39 is 78.2 Å². The summed E-state index contributed by atoms with van der Waals surface area (Å²) in [5.74, 6) is -0.167. The summed E-state index contributed by atoms with van der Waals surface area (Å²) in [5, 5.41) is 76.9. The number of unbranched alkanes of at least 4 members (excludes halogenated alkanes) is 1. The Bertz CT molecular complexity index is 1630. The van der Waals surface area contributed by atoms with Gasteiger partial charge in [0.2, 0.25) is 5.91 Å². The molecule has 0 bridgehead atoms. The fourth-order valence-corrected chi connectivity index (χ4v) is 14.1. The monoisotopic (exact) mass is 850 g/mol. The van der Waals surface area contributed by atoms with Crippen LogP contribution in [0.1, 0.15) is 132 Å². The molecule has 2 heterocycles. The number of nitrogens with one attached hydrogen (secondary N) is 1. The van der Waals surface area contributed by atoms with Gasteiger partial charge in [0.25, 0.3) is 0 Å². The maximum Gasteiger partial charge on any atom is 0.303 e. The first-order valence-corrected chi connectivity index (χ1v) is 22.9. The van der Waals surface area contributed by atoms with E-state index in [4.69, 9.17) is 24.1 Å². The average molecular weight is 850 g/mol. The number of rotatable bonds is 11. The Balaban J connectivity index is 1.12. The van der Waals surface area contributed by atoms with Crippen LogP contribution in [-0.2, 0) is 28.5 Å². The topological polar surface area (TPSA) is 225 Å². The molecule has 2 saturated heterocycles. The Kier molecular flexibility index (Phi) is 12.9. The van der Waals surface area contributed by atoms with Gasteiger partial charge >= 0.3 is 5.97 Å². The third-order valence-corrected chi connectivity index (χ3v) is 18.1. The second kappa shape index (κ2) is 16.7. The number of aliphatic hydroxyl groups is 6. The van der Waals surface area contributed by atoms with Gasteiger partial charge < -0.3 is 60.0 Å². The number of hydrogen-bond donors (Lipinski definition) is 8. The van der Waals surface area contributed by atoms with Gasteiger partial charge in [0.1, 0.15) is 36.6 Å². The summed E-state index contributed by atoms with van der Waals surface area (Å²) in [6.07, 6.45) is -0.127. The number of fused-ring (bicyclic) bond motifs is 7. The van der Waals surface area contributed by atoms with Crippen LogP contribution in [0.3, 0.4) is 0 Å². The van der Waals surface area contributed by atoms with Crippen molar-refractivity contribution in [3.63, 3.8) is 0 Å². The molecule has 6 fully saturated rings. The largest absolute Gasteiger partial charge is 0.481 e. The molecule has 14 heteroatoms. The van der Waals surface area contributed by atoms with Crippen LogP contribution in [0.25, 0.3) is 0 Å². The van der Waals surface area contributed by atoms with Crippen molar-refractivity contribution in [2.75, 3.05) is 19.8 Å². The molecule has 7 aliphatic rings. The highest BCUT2D eigenvalue weighted by Gasteiger charge is 2.70. The molecular formula is C46H75NO13. The SMILES string of the molecule is C[C@H]1O[C@@H](O[C@H]2[C@H](O[C@H]3CC[C@@]4(C)[C@@H](CC[C@]5(C)[C@@H]4CC=C4[C@@H]6CC(C)(C)CC[C@]6(C(=O)NCCCCC(=O)O)CC[C@]45C)[C@]3(C)CO)OC[C@H](O)[C@@H]2O)[C@H](O)[C@H](O)[C@H]1O. The molecular weight excluding hydrogens is 775 g/mol. The molecule has 0 aromatic carbocycles. The van der Waals surface area contributed by atoms with E-state index in [1.165, 1.54) is 12.5 Å². The van der Waals surface area contributed by atoms with Gasteiger partial charge in [-0.1, -0.05) is 53.2 Å². The number of aliphatic carboxylic acids is 1. The Morgan fingerprint density at radius 2 is 1.55 bits per heavy atom. The van der Waals surface area contributed by atoms with Gasteiger partial charge in [-0.25, -0.2) is 0 Å². The molecule has 0 aromatic rings. The van der Waals surface area contributed by atoms with Crippen molar-refractivity contribution in [2.45, 2.75) is 193 Å². The minimum absolute atomic E-state index is 0.0603. The normalized spacial score (nSPS) is 50.0. The van der Waals surface area contributed by atoms with E-state index in [2.05, 4.69) is 52.9 Å². The molecule has 0 spiro atoms. The quantitative estimate of drug-likeness (QED) is 0.0843. The number of hydrogen-bond acceptors (Lipinski definition) is 12. The number of allylic oxidation sites excluding steroid dienone is 2. The summed E-state index contributed by atoms with van der Waals surface area (Å²) in [4.78, 5) is 25.4. The van der Waals surface area contributed by atoms with Crippen molar-refractivity contribution in [2.24, 2.45) is 50.2 Å². The lowest BCUT2D eigenvalue weighted by atomic mass is 9.33. The van der Waals surface area contributed by atoms with E-state index >= 15 is 0 Å². The zero-order valence-corrected chi connectivity index (χ0v) is 37.0. The van der Waals surface area contributed by atoms with Crippen LogP contribution in [0.2, 0.25) is 0 Å². The Labute approximate surface area is 355 Å². The molecule has 8 N–H and O–H groups in total. The zero-order valence-electron chi connectivity index (χ0n) is 37.0. The first-order chi connectivity index (χ1) is 28.1. The van der Waals surface area contributed by atoms with Crippen LogP contribution < -0.4 is 5.32 Å². The van der Waals surface area contributed by atoms with Crippen molar-refractivity contribution >= 4 is 11.9 Å². The molecule has 5 aliphatic carbocycles. The first kappa shape index (κ1) is 46.3. The van der Waals surface area contributed by atoms with Crippen LogP contribution in [0.5, 0.6) is 0 Å². The van der Waals surface area contributed by atoms with E-state index in [1.807, 2.05) is 0 Å². The van der Waals surface area contributed by atoms with E-state index in [-0.39, 0.29) is 59.0 Å². The van der Waals surface area contributed by atoms with Crippen molar-refractivity contribution in [1.29, 1.82) is 0 Å². The van der Waals surface area contributed by atoms with Crippen LogP contribution in [-0.4, -0.2) is 129 Å². The Morgan fingerprint density at radius 1 is 0.833 bits per heavy atom. The highest BCUT2D eigenvalue weighted by atomic mass is 16.8. The molecule has 0 aromatic heterocycles. The van der Waals surface area contributed by atoms with Crippen LogP contribution >= 0.6 is 0 Å². The summed E-state index contributed by atoms with van der Waals surface area (Å²) in [7, 11) is 0. The molecule has 18 atom stereocenters. The van der Waals surface area contributed by atoms with Crippen molar-refractivity contribution in [1.82, 2.24) is 5.32 Å². The Hall–Kier alpha value is -1.72. The van der Waals surface area contributed by atoms with Gasteiger partial charge in [-0.05, 0) is 123 Å². The molecule has 1 amide bonds. The molecule has 7 rings (SSSR count). The minimum Gasteiger partial charge on any atom is -0.481 e. The third-order valence-electron chi connectivity index (χ3n) is 18.1. The minimum atomic E-state index is -1.63. The van der Waals surface area contributed by atoms with Crippen LogP contribution in [0.15, 0.2) is 11.6 Å². The van der Waals surface area contributed by atoms with Crippen molar-refractivity contribution in [3.05, 3.63) is 11.6 Å². The van der Waals surface area contributed by atoms with Gasteiger partial charge in [0.05, 0.1) is 30.8 Å². The summed E-state index contributed by atoms with van der Waals surface area (Å²) in [6, 6.07) is 0. The Morgan fingerprint density at radius 3 is 2.25 bits per heavy atom. The molecule has 60 heavy (non-hydrogen) atoms. The summed E-state index contributed by atoms with van der Waals surface area (Å²) < 4.78 is 24.4. The van der Waals surface area contributed by atoms with Crippen LogP contribution in [0, 0.1) is 50.2 Å². The standard InChI is InChI=1S/C46H75NO13/c1-25-33(52)35(54)36(55)38(58-25)60-37-34(53)28(49)23-57-39(37)59-31-14-15-42(4)29(43(31,5)24-48)13-16-45(7)30(42)12-11-26-27-22-41(2,3)17-19-46(27,20-18-44(26,45)6)40(56)47-21-9-8-10-32(50)51/h11,25,27-31,33-39,48-49,52-55H,8-10,12-24H2,1-7H3,(H,47,56)(H,50,51)/t25-,27+,28+,29-,30-,31+,33+,34+,35-,36-,37-,38+,39+,42+,43+,44-,45-,46+/m1/s1.